The number of hydrogen-bond donors (Lipinski definition) is 2. The number of esters is 2. The summed E-state index contributed by atoms with van der Waals surface area (Å²) < 4.78 is 10.3. The normalized spacial score (nSPS) is 13.5. The van der Waals surface area contributed by atoms with Crippen LogP contribution in [-0.4, -0.2) is 29.6 Å². The molecule has 0 aliphatic carbocycles. The van der Waals surface area contributed by atoms with Gasteiger partial charge in [0.1, 0.15) is 18.2 Å². The maximum atomic E-state index is 12.3. The molecule has 1 rings (SSSR count). The summed E-state index contributed by atoms with van der Waals surface area (Å²) in [5, 5.41) is 0. The number of carbonyl (C=O) groups excluding carboxylic acids is 3. The molecule has 0 heterocycles. The molecule has 138 valence electrons. The Bertz CT molecular complexity index is 597. The largest absolute Gasteiger partial charge is 0.461 e. The molecule has 0 radical (unpaired) electrons. The summed E-state index contributed by atoms with van der Waals surface area (Å²) >= 11 is 0. The number of hydrogen-bond acceptors (Lipinski definition) is 8. The van der Waals surface area contributed by atoms with E-state index in [1.54, 1.807) is 45.0 Å². The van der Waals surface area contributed by atoms with E-state index in [1.807, 2.05) is 6.07 Å². The second-order valence-electron chi connectivity index (χ2n) is 6.45. The molecule has 0 saturated heterocycles. The van der Waals surface area contributed by atoms with Gasteiger partial charge in [-0.25, -0.2) is 0 Å². The monoisotopic (exact) mass is 352 g/mol. The van der Waals surface area contributed by atoms with Gasteiger partial charge in [0, 0.05) is 0 Å². The molecule has 0 saturated carbocycles. The minimum absolute atomic E-state index is 0.0190. The van der Waals surface area contributed by atoms with Crippen LogP contribution < -0.4 is 11.6 Å². The molecule has 2 unspecified atom stereocenters. The van der Waals surface area contributed by atoms with Crippen molar-refractivity contribution in [2.45, 2.75) is 45.4 Å². The third-order valence-electron chi connectivity index (χ3n) is 3.16. The van der Waals surface area contributed by atoms with Gasteiger partial charge in [-0.1, -0.05) is 30.3 Å². The highest BCUT2D eigenvalue weighted by Gasteiger charge is 2.37. The fraction of sp³-hybridized carbons (Fsp3) is 0.471. The highest BCUT2D eigenvalue weighted by atomic mass is 16.7. The van der Waals surface area contributed by atoms with Crippen molar-refractivity contribution in [3.8, 4) is 0 Å². The lowest BCUT2D eigenvalue weighted by Gasteiger charge is -2.25. The van der Waals surface area contributed by atoms with Gasteiger partial charge in [0.05, 0.1) is 12.3 Å². The molecule has 0 aromatic heterocycles. The topological polar surface area (TPSA) is 131 Å². The first kappa shape index (κ1) is 20.6. The summed E-state index contributed by atoms with van der Waals surface area (Å²) in [5.41, 5.74) is 5.78. The van der Waals surface area contributed by atoms with Crippen molar-refractivity contribution in [2.24, 2.45) is 17.5 Å². The Hall–Kier alpha value is -2.45. The first-order chi connectivity index (χ1) is 11.6. The summed E-state index contributed by atoms with van der Waals surface area (Å²) in [7, 11) is 0. The van der Waals surface area contributed by atoms with Crippen molar-refractivity contribution in [1.82, 2.24) is 0 Å². The molecule has 0 spiro atoms. The van der Waals surface area contributed by atoms with Crippen LogP contribution in [0.15, 0.2) is 30.3 Å². The highest BCUT2D eigenvalue weighted by molar-refractivity contribution is 5.87. The van der Waals surface area contributed by atoms with Crippen LogP contribution >= 0.6 is 0 Å². The molecule has 1 aromatic carbocycles. The van der Waals surface area contributed by atoms with Gasteiger partial charge < -0.3 is 20.0 Å². The van der Waals surface area contributed by atoms with Crippen LogP contribution in [0.1, 0.15) is 32.8 Å². The van der Waals surface area contributed by atoms with Gasteiger partial charge in [-0.2, -0.15) is 5.90 Å². The SMILES string of the molecule is CC(C)(C)OC(=O)C(N)C(CC(=O)ON)C(=O)OCc1ccccc1. The minimum Gasteiger partial charge on any atom is -0.461 e. The second-order valence-corrected chi connectivity index (χ2v) is 6.45. The minimum atomic E-state index is -1.39. The predicted octanol–water partition coefficient (Wildman–Crippen LogP) is 0.822. The standard InChI is InChI=1S/C17H24N2O6/c1-17(2,3)24-16(22)14(18)12(9-13(20)25-19)15(21)23-10-11-7-5-4-6-8-11/h4-8,12,14H,9-10,18-19H2,1-3H3. The quantitative estimate of drug-likeness (QED) is 0.545. The molecule has 8 heteroatoms. The maximum absolute atomic E-state index is 12.3. The van der Waals surface area contributed by atoms with Crippen LogP contribution in [0.3, 0.4) is 0 Å². The van der Waals surface area contributed by atoms with Gasteiger partial charge in [-0.15, -0.1) is 0 Å². The number of benzene rings is 1. The smallest absolute Gasteiger partial charge is 0.325 e. The second kappa shape index (κ2) is 9.14. The van der Waals surface area contributed by atoms with Crippen LogP contribution in [0.5, 0.6) is 0 Å². The van der Waals surface area contributed by atoms with E-state index in [0.717, 1.165) is 5.56 Å². The molecular weight excluding hydrogens is 328 g/mol. The number of ether oxygens (including phenoxy) is 2. The Morgan fingerprint density at radius 1 is 1.08 bits per heavy atom. The van der Waals surface area contributed by atoms with E-state index >= 15 is 0 Å². The molecule has 1 aromatic rings. The molecule has 25 heavy (non-hydrogen) atoms. The Kier molecular flexibility index (Phi) is 7.53. The van der Waals surface area contributed by atoms with Crippen molar-refractivity contribution in [3.63, 3.8) is 0 Å². The highest BCUT2D eigenvalue weighted by Crippen LogP contribution is 2.17. The Morgan fingerprint density at radius 3 is 2.20 bits per heavy atom. The number of nitrogens with two attached hydrogens (primary N) is 2. The zero-order valence-corrected chi connectivity index (χ0v) is 14.6. The Morgan fingerprint density at radius 2 is 1.68 bits per heavy atom. The van der Waals surface area contributed by atoms with Crippen LogP contribution in [0.2, 0.25) is 0 Å². The lowest BCUT2D eigenvalue weighted by atomic mass is 9.96. The molecule has 0 amide bonds. The molecule has 0 fully saturated rings. The molecular formula is C17H24N2O6. The fourth-order valence-electron chi connectivity index (χ4n) is 1.95. The van der Waals surface area contributed by atoms with E-state index in [4.69, 9.17) is 21.1 Å². The summed E-state index contributed by atoms with van der Waals surface area (Å²) in [4.78, 5) is 40.0. The van der Waals surface area contributed by atoms with Crippen molar-refractivity contribution < 1.29 is 28.7 Å². The third kappa shape index (κ3) is 7.32. The maximum Gasteiger partial charge on any atom is 0.325 e. The van der Waals surface area contributed by atoms with Crippen LogP contribution in [-0.2, 0) is 35.3 Å². The van der Waals surface area contributed by atoms with Crippen LogP contribution in [0.4, 0.5) is 0 Å². The van der Waals surface area contributed by atoms with Gasteiger partial charge in [-0.3, -0.25) is 14.4 Å². The van der Waals surface area contributed by atoms with Crippen molar-refractivity contribution in [1.29, 1.82) is 0 Å². The van der Waals surface area contributed by atoms with Crippen LogP contribution in [0, 0.1) is 5.92 Å². The summed E-state index contributed by atoms with van der Waals surface area (Å²) in [6, 6.07) is 7.55. The third-order valence-corrected chi connectivity index (χ3v) is 3.16. The summed E-state index contributed by atoms with van der Waals surface area (Å²) in [5.74, 6) is 1.01. The zero-order chi connectivity index (χ0) is 19.0. The van der Waals surface area contributed by atoms with Crippen LogP contribution in [0.25, 0.3) is 0 Å². The number of rotatable bonds is 7. The van der Waals surface area contributed by atoms with Gasteiger partial charge in [0.25, 0.3) is 0 Å². The first-order valence-corrected chi connectivity index (χ1v) is 7.72. The van der Waals surface area contributed by atoms with E-state index in [0.29, 0.717) is 0 Å². The molecule has 0 aliphatic heterocycles. The lowest BCUT2D eigenvalue weighted by molar-refractivity contribution is -0.166. The van der Waals surface area contributed by atoms with Gasteiger partial charge >= 0.3 is 17.9 Å². The predicted molar refractivity (Wildman–Crippen MR) is 88.4 cm³/mol. The van der Waals surface area contributed by atoms with E-state index in [9.17, 15) is 14.4 Å². The Balaban J connectivity index is 2.81. The molecule has 0 bridgehead atoms. The van der Waals surface area contributed by atoms with E-state index in [-0.39, 0.29) is 6.61 Å². The van der Waals surface area contributed by atoms with Gasteiger partial charge in [0.15, 0.2) is 0 Å². The molecule has 0 aliphatic rings. The molecule has 2 atom stereocenters. The zero-order valence-electron chi connectivity index (χ0n) is 14.6. The average molecular weight is 352 g/mol. The summed E-state index contributed by atoms with van der Waals surface area (Å²) in [6.07, 6.45) is -0.496. The summed E-state index contributed by atoms with van der Waals surface area (Å²) in [6.45, 7) is 4.96. The van der Waals surface area contributed by atoms with Crippen molar-refractivity contribution in [3.05, 3.63) is 35.9 Å². The Labute approximate surface area is 146 Å². The van der Waals surface area contributed by atoms with Gasteiger partial charge in [0.2, 0.25) is 0 Å². The lowest BCUT2D eigenvalue weighted by Crippen LogP contribution is -2.47. The first-order valence-electron chi connectivity index (χ1n) is 7.72. The van der Waals surface area contributed by atoms with Crippen molar-refractivity contribution >= 4 is 17.9 Å². The van der Waals surface area contributed by atoms with E-state index < -0.39 is 41.9 Å². The van der Waals surface area contributed by atoms with Gasteiger partial charge in [-0.05, 0) is 26.3 Å². The molecule has 8 nitrogen and oxygen atoms in total. The fourth-order valence-corrected chi connectivity index (χ4v) is 1.95. The number of carbonyl (C=O) groups is 3. The van der Waals surface area contributed by atoms with E-state index in [1.165, 1.54) is 0 Å². The average Bonchev–Trinajstić information content (AvgIpc) is 2.56. The van der Waals surface area contributed by atoms with Crippen molar-refractivity contribution in [2.75, 3.05) is 0 Å². The van der Waals surface area contributed by atoms with E-state index in [2.05, 4.69) is 4.84 Å². The molecule has 4 N–H and O–H groups in total.